The summed E-state index contributed by atoms with van der Waals surface area (Å²) in [5, 5.41) is 2.95. The minimum Gasteiger partial charge on any atom is -0.381 e. The Hall–Kier alpha value is -2.23. The molecule has 1 N–H and O–H groups in total. The number of hydrogen-bond acceptors (Lipinski definition) is 3. The number of halogens is 5. The summed E-state index contributed by atoms with van der Waals surface area (Å²) in [7, 11) is 0. The predicted octanol–water partition coefficient (Wildman–Crippen LogP) is 4.87. The zero-order valence-corrected chi connectivity index (χ0v) is 18.5. The Labute approximate surface area is 188 Å². The Morgan fingerprint density at radius 1 is 1.18 bits per heavy atom. The Morgan fingerprint density at radius 2 is 1.85 bits per heavy atom. The van der Waals surface area contributed by atoms with Gasteiger partial charge in [0.25, 0.3) is 0 Å². The smallest absolute Gasteiger partial charge is 0.381 e. The van der Waals surface area contributed by atoms with Crippen LogP contribution >= 0.6 is 0 Å². The van der Waals surface area contributed by atoms with Crippen LogP contribution in [0.2, 0.25) is 0 Å². The van der Waals surface area contributed by atoms with E-state index in [1.807, 2.05) is 0 Å². The van der Waals surface area contributed by atoms with Crippen molar-refractivity contribution in [2.45, 2.75) is 76.4 Å². The molecule has 33 heavy (non-hydrogen) atoms. The van der Waals surface area contributed by atoms with Crippen molar-refractivity contribution >= 4 is 11.6 Å². The lowest BCUT2D eigenvalue weighted by atomic mass is 9.83. The van der Waals surface area contributed by atoms with Gasteiger partial charge in [0.05, 0.1) is 12.1 Å². The van der Waals surface area contributed by atoms with Crippen molar-refractivity contribution in [2.24, 2.45) is 5.92 Å². The van der Waals surface area contributed by atoms with Crippen LogP contribution in [-0.4, -0.2) is 40.5 Å². The van der Waals surface area contributed by atoms with Gasteiger partial charge in [-0.3, -0.25) is 4.79 Å². The van der Waals surface area contributed by atoms with Gasteiger partial charge in [-0.1, -0.05) is 0 Å². The van der Waals surface area contributed by atoms with Gasteiger partial charge in [-0.15, -0.1) is 0 Å². The van der Waals surface area contributed by atoms with Crippen LogP contribution in [0.1, 0.15) is 61.2 Å². The van der Waals surface area contributed by atoms with Crippen LogP contribution < -0.4 is 5.32 Å². The highest BCUT2D eigenvalue weighted by molar-refractivity contribution is 5.79. The van der Waals surface area contributed by atoms with Gasteiger partial charge in [0.15, 0.2) is 5.69 Å². The van der Waals surface area contributed by atoms with Gasteiger partial charge in [-0.25, -0.2) is 13.8 Å². The standard InChI is InChI=1S/C23H28F5N3O2/c1-14-10-16(13-20(32)29-17-4-8-33-9-5-17)12-19-30-21(23(26,27)28)18(31(14)19)11-15-2-6-22(24,25)7-3-15/h10,12,15,17H,2-9,11,13H2,1H3,(H,29,32). The zero-order chi connectivity index (χ0) is 23.8. The fourth-order valence-corrected chi connectivity index (χ4v) is 4.90. The van der Waals surface area contributed by atoms with E-state index in [0.29, 0.717) is 24.5 Å². The Kier molecular flexibility index (Phi) is 6.66. The number of aromatic nitrogens is 2. The number of fused-ring (bicyclic) bond motifs is 1. The summed E-state index contributed by atoms with van der Waals surface area (Å²) in [5.41, 5.74) is 0.246. The molecule has 0 atom stereocenters. The SMILES string of the molecule is Cc1cc(CC(=O)NC2CCOCC2)cc2nc(C(F)(F)F)c(CC3CCC(F)(F)CC3)n12. The van der Waals surface area contributed by atoms with E-state index in [1.54, 1.807) is 13.0 Å². The maximum Gasteiger partial charge on any atom is 0.435 e. The van der Waals surface area contributed by atoms with Gasteiger partial charge in [-0.05, 0) is 62.6 Å². The number of imidazole rings is 1. The van der Waals surface area contributed by atoms with E-state index in [4.69, 9.17) is 4.74 Å². The molecule has 2 aliphatic rings. The summed E-state index contributed by atoms with van der Waals surface area (Å²) in [6.07, 6.45) is -3.37. The monoisotopic (exact) mass is 473 g/mol. The van der Waals surface area contributed by atoms with Gasteiger partial charge in [0.2, 0.25) is 11.8 Å². The maximum absolute atomic E-state index is 13.8. The first-order valence-electron chi connectivity index (χ1n) is 11.3. The largest absolute Gasteiger partial charge is 0.435 e. The maximum atomic E-state index is 13.8. The summed E-state index contributed by atoms with van der Waals surface area (Å²) in [6.45, 7) is 2.85. The van der Waals surface area contributed by atoms with E-state index in [1.165, 1.54) is 10.5 Å². The summed E-state index contributed by atoms with van der Waals surface area (Å²) in [5.74, 6) is -3.19. The van der Waals surface area contributed by atoms with Crippen LogP contribution in [0.25, 0.3) is 5.65 Å². The average molecular weight is 473 g/mol. The second-order valence-corrected chi connectivity index (χ2v) is 9.24. The summed E-state index contributed by atoms with van der Waals surface area (Å²) >= 11 is 0. The Balaban J connectivity index is 1.58. The number of carbonyl (C=O) groups is 1. The van der Waals surface area contributed by atoms with E-state index >= 15 is 0 Å². The van der Waals surface area contributed by atoms with Crippen molar-refractivity contribution in [3.8, 4) is 0 Å². The fraction of sp³-hybridized carbons (Fsp3) is 0.652. The number of aryl methyl sites for hydroxylation is 1. The number of amides is 1. The highest BCUT2D eigenvalue weighted by Gasteiger charge is 2.40. The van der Waals surface area contributed by atoms with E-state index in [-0.39, 0.29) is 67.7 Å². The van der Waals surface area contributed by atoms with Gasteiger partial charge >= 0.3 is 6.18 Å². The number of pyridine rings is 1. The summed E-state index contributed by atoms with van der Waals surface area (Å²) in [4.78, 5) is 16.3. The minimum atomic E-state index is -4.66. The minimum absolute atomic E-state index is 0.00317. The highest BCUT2D eigenvalue weighted by atomic mass is 19.4. The van der Waals surface area contributed by atoms with Gasteiger partial charge < -0.3 is 14.5 Å². The quantitative estimate of drug-likeness (QED) is 0.631. The van der Waals surface area contributed by atoms with E-state index < -0.39 is 17.8 Å². The lowest BCUT2D eigenvalue weighted by molar-refractivity contribution is -0.141. The molecule has 2 aromatic heterocycles. The van der Waals surface area contributed by atoms with Crippen molar-refractivity contribution < 1.29 is 31.5 Å². The molecule has 0 unspecified atom stereocenters. The lowest BCUT2D eigenvalue weighted by Gasteiger charge is -2.28. The van der Waals surface area contributed by atoms with Gasteiger partial charge in [0, 0.05) is 37.8 Å². The first kappa shape index (κ1) is 23.9. The van der Waals surface area contributed by atoms with Crippen LogP contribution in [0, 0.1) is 12.8 Å². The molecule has 1 amide bonds. The van der Waals surface area contributed by atoms with Crippen molar-refractivity contribution in [1.82, 2.24) is 14.7 Å². The third kappa shape index (κ3) is 5.65. The molecular formula is C23H28F5N3O2. The molecule has 4 rings (SSSR count). The van der Waals surface area contributed by atoms with Crippen LogP contribution in [-0.2, 0) is 28.5 Å². The summed E-state index contributed by atoms with van der Waals surface area (Å²) < 4.78 is 75.1. The molecule has 0 spiro atoms. The van der Waals surface area contributed by atoms with Gasteiger partial charge in [0.1, 0.15) is 5.65 Å². The first-order valence-corrected chi connectivity index (χ1v) is 11.3. The lowest BCUT2D eigenvalue weighted by Crippen LogP contribution is -2.39. The van der Waals surface area contributed by atoms with E-state index in [2.05, 4.69) is 10.3 Å². The Bertz CT molecular complexity index is 1000. The molecule has 5 nitrogen and oxygen atoms in total. The van der Waals surface area contributed by atoms with Gasteiger partial charge in [-0.2, -0.15) is 13.2 Å². The normalized spacial score (nSPS) is 20.3. The molecule has 3 heterocycles. The van der Waals surface area contributed by atoms with Crippen LogP contribution in [0.3, 0.4) is 0 Å². The molecule has 182 valence electrons. The average Bonchev–Trinajstić information content (AvgIpc) is 3.09. The van der Waals surface area contributed by atoms with Crippen LogP contribution in [0.15, 0.2) is 12.1 Å². The van der Waals surface area contributed by atoms with Crippen molar-refractivity contribution in [2.75, 3.05) is 13.2 Å². The highest BCUT2D eigenvalue weighted by Crippen LogP contribution is 2.40. The first-order chi connectivity index (χ1) is 15.5. The fourth-order valence-electron chi connectivity index (χ4n) is 4.90. The third-order valence-corrected chi connectivity index (χ3v) is 6.60. The second-order valence-electron chi connectivity index (χ2n) is 9.24. The molecule has 1 aliphatic heterocycles. The second kappa shape index (κ2) is 9.19. The number of rotatable bonds is 5. The van der Waals surface area contributed by atoms with Crippen LogP contribution in [0.4, 0.5) is 22.0 Å². The third-order valence-electron chi connectivity index (χ3n) is 6.60. The zero-order valence-electron chi connectivity index (χ0n) is 18.5. The van der Waals surface area contributed by atoms with Crippen LogP contribution in [0.5, 0.6) is 0 Å². The molecule has 2 fully saturated rings. The van der Waals surface area contributed by atoms with Crippen molar-refractivity contribution in [3.05, 3.63) is 34.8 Å². The summed E-state index contributed by atoms with van der Waals surface area (Å²) in [6, 6.07) is 3.23. The number of carbonyl (C=O) groups excluding carboxylic acids is 1. The molecule has 0 radical (unpaired) electrons. The Morgan fingerprint density at radius 3 is 2.48 bits per heavy atom. The molecular weight excluding hydrogens is 445 g/mol. The number of nitrogens with zero attached hydrogens (tertiary/aromatic N) is 2. The topological polar surface area (TPSA) is 55.6 Å². The number of alkyl halides is 5. The predicted molar refractivity (Wildman–Crippen MR) is 111 cm³/mol. The number of nitrogens with one attached hydrogen (secondary N) is 1. The molecule has 1 saturated carbocycles. The van der Waals surface area contributed by atoms with Crippen molar-refractivity contribution in [3.63, 3.8) is 0 Å². The molecule has 1 saturated heterocycles. The van der Waals surface area contributed by atoms with E-state index in [0.717, 1.165) is 12.8 Å². The molecule has 0 bridgehead atoms. The van der Waals surface area contributed by atoms with Crippen molar-refractivity contribution in [1.29, 1.82) is 0 Å². The van der Waals surface area contributed by atoms with E-state index in [9.17, 15) is 26.7 Å². The number of ether oxygens (including phenoxy) is 1. The molecule has 1 aliphatic carbocycles. The molecule has 2 aromatic rings. The number of hydrogen-bond donors (Lipinski definition) is 1. The molecule has 10 heteroatoms. The molecule has 0 aromatic carbocycles.